The van der Waals surface area contributed by atoms with Crippen LogP contribution in [-0.4, -0.2) is 25.1 Å². The summed E-state index contributed by atoms with van der Waals surface area (Å²) in [4.78, 5) is 11.5. The number of hydrogen-bond donors (Lipinski definition) is 2. The van der Waals surface area contributed by atoms with E-state index < -0.39 is 0 Å². The van der Waals surface area contributed by atoms with E-state index in [-0.39, 0.29) is 11.9 Å². The maximum atomic E-state index is 11.5. The number of benzene rings is 1. The zero-order chi connectivity index (χ0) is 14.1. The van der Waals surface area contributed by atoms with Crippen LogP contribution in [-0.2, 0) is 4.79 Å². The van der Waals surface area contributed by atoms with Gasteiger partial charge in [-0.15, -0.1) is 0 Å². The number of para-hydroxylation sites is 1. The van der Waals surface area contributed by atoms with E-state index in [1.807, 2.05) is 25.1 Å². The Labute approximate surface area is 119 Å². The number of carbonyl (C=O) groups excluding carboxylic acids is 1. The normalized spacial score (nSPS) is 11.9. The van der Waals surface area contributed by atoms with Crippen LogP contribution < -0.4 is 15.8 Å². The van der Waals surface area contributed by atoms with Crippen molar-refractivity contribution in [1.29, 1.82) is 0 Å². The van der Waals surface area contributed by atoms with Gasteiger partial charge >= 0.3 is 0 Å². The van der Waals surface area contributed by atoms with Crippen molar-refractivity contribution in [1.82, 2.24) is 5.32 Å². The topological polar surface area (TPSA) is 64.3 Å². The van der Waals surface area contributed by atoms with E-state index >= 15 is 0 Å². The van der Waals surface area contributed by atoms with Crippen LogP contribution in [0.25, 0.3) is 0 Å². The molecule has 1 amide bonds. The Bertz CT molecular complexity index is 397. The Morgan fingerprint density at radius 2 is 2.21 bits per heavy atom. The summed E-state index contributed by atoms with van der Waals surface area (Å²) in [6.45, 7) is 3.02. The van der Waals surface area contributed by atoms with Gasteiger partial charge in [-0.25, -0.2) is 0 Å². The van der Waals surface area contributed by atoms with Gasteiger partial charge in [0.2, 0.25) is 5.91 Å². The Hall–Kier alpha value is -1.26. The minimum absolute atomic E-state index is 0.0309. The van der Waals surface area contributed by atoms with E-state index in [1.54, 1.807) is 6.07 Å². The Balaban J connectivity index is 2.10. The second kappa shape index (κ2) is 8.77. The predicted molar refractivity (Wildman–Crippen MR) is 77.5 cm³/mol. The molecule has 1 atom stereocenters. The summed E-state index contributed by atoms with van der Waals surface area (Å²) < 4.78 is 5.50. The van der Waals surface area contributed by atoms with Gasteiger partial charge in [-0.1, -0.05) is 23.7 Å². The monoisotopic (exact) mass is 284 g/mol. The number of nitrogens with one attached hydrogen (secondary N) is 1. The van der Waals surface area contributed by atoms with E-state index in [0.717, 1.165) is 6.42 Å². The van der Waals surface area contributed by atoms with Gasteiger partial charge in [0.25, 0.3) is 0 Å². The SMILES string of the molecule is CC(N)CCNC(=O)CCCOc1ccccc1Cl. The molecule has 0 fully saturated rings. The van der Waals surface area contributed by atoms with Crippen molar-refractivity contribution in [3.8, 4) is 5.75 Å². The fourth-order valence-electron chi connectivity index (χ4n) is 1.50. The molecule has 106 valence electrons. The van der Waals surface area contributed by atoms with Crippen LogP contribution in [0.3, 0.4) is 0 Å². The third-order valence-corrected chi connectivity index (χ3v) is 2.88. The zero-order valence-corrected chi connectivity index (χ0v) is 12.0. The second-order valence-corrected chi connectivity index (χ2v) is 4.91. The van der Waals surface area contributed by atoms with Crippen molar-refractivity contribution in [2.75, 3.05) is 13.2 Å². The van der Waals surface area contributed by atoms with Gasteiger partial charge in [0.05, 0.1) is 11.6 Å². The molecule has 0 bridgehead atoms. The number of hydrogen-bond acceptors (Lipinski definition) is 3. The molecule has 0 saturated heterocycles. The van der Waals surface area contributed by atoms with E-state index in [9.17, 15) is 4.79 Å². The summed E-state index contributed by atoms with van der Waals surface area (Å²) in [5.41, 5.74) is 5.60. The molecule has 0 aliphatic carbocycles. The maximum Gasteiger partial charge on any atom is 0.220 e. The standard InChI is InChI=1S/C14H21ClN2O2/c1-11(16)8-9-17-14(18)7-4-10-19-13-6-3-2-5-12(13)15/h2-3,5-6,11H,4,7-10,16H2,1H3,(H,17,18). The largest absolute Gasteiger partial charge is 0.492 e. The molecule has 0 saturated carbocycles. The summed E-state index contributed by atoms with van der Waals surface area (Å²) in [6.07, 6.45) is 1.90. The maximum absolute atomic E-state index is 11.5. The first-order valence-electron chi connectivity index (χ1n) is 6.49. The van der Waals surface area contributed by atoms with Crippen molar-refractivity contribution in [3.05, 3.63) is 29.3 Å². The van der Waals surface area contributed by atoms with Crippen molar-refractivity contribution in [3.63, 3.8) is 0 Å². The highest BCUT2D eigenvalue weighted by molar-refractivity contribution is 6.32. The van der Waals surface area contributed by atoms with Gasteiger partial charge in [-0.05, 0) is 31.9 Å². The first kappa shape index (κ1) is 15.8. The van der Waals surface area contributed by atoms with E-state index in [0.29, 0.717) is 36.8 Å². The minimum Gasteiger partial charge on any atom is -0.492 e. The van der Waals surface area contributed by atoms with Crippen LogP contribution in [0.15, 0.2) is 24.3 Å². The van der Waals surface area contributed by atoms with Gasteiger partial charge in [0.1, 0.15) is 5.75 Å². The highest BCUT2D eigenvalue weighted by Crippen LogP contribution is 2.23. The van der Waals surface area contributed by atoms with Crippen molar-refractivity contribution >= 4 is 17.5 Å². The average Bonchev–Trinajstić information content (AvgIpc) is 2.36. The van der Waals surface area contributed by atoms with Crippen molar-refractivity contribution in [2.45, 2.75) is 32.2 Å². The Kier molecular flexibility index (Phi) is 7.30. The van der Waals surface area contributed by atoms with Crippen LogP contribution in [0.4, 0.5) is 0 Å². The van der Waals surface area contributed by atoms with Crippen LogP contribution in [0.2, 0.25) is 5.02 Å². The van der Waals surface area contributed by atoms with Gasteiger partial charge in [0, 0.05) is 19.0 Å². The molecular formula is C14H21ClN2O2. The summed E-state index contributed by atoms with van der Waals surface area (Å²) in [7, 11) is 0. The van der Waals surface area contributed by atoms with Crippen LogP contribution >= 0.6 is 11.6 Å². The molecular weight excluding hydrogens is 264 g/mol. The molecule has 0 radical (unpaired) electrons. The van der Waals surface area contributed by atoms with E-state index in [1.165, 1.54) is 0 Å². The second-order valence-electron chi connectivity index (χ2n) is 4.50. The molecule has 1 rings (SSSR count). The lowest BCUT2D eigenvalue weighted by Gasteiger charge is -2.09. The fourth-order valence-corrected chi connectivity index (χ4v) is 1.69. The fraction of sp³-hybridized carbons (Fsp3) is 0.500. The summed E-state index contributed by atoms with van der Waals surface area (Å²) in [5.74, 6) is 0.685. The first-order valence-corrected chi connectivity index (χ1v) is 6.87. The average molecular weight is 285 g/mol. The zero-order valence-electron chi connectivity index (χ0n) is 11.2. The summed E-state index contributed by atoms with van der Waals surface area (Å²) >= 11 is 5.95. The van der Waals surface area contributed by atoms with Gasteiger partial charge in [0.15, 0.2) is 0 Å². The molecule has 4 nitrogen and oxygen atoms in total. The number of ether oxygens (including phenoxy) is 1. The van der Waals surface area contributed by atoms with Crippen molar-refractivity contribution < 1.29 is 9.53 Å². The van der Waals surface area contributed by atoms with E-state index in [4.69, 9.17) is 22.1 Å². The molecule has 1 aromatic carbocycles. The van der Waals surface area contributed by atoms with Crippen molar-refractivity contribution in [2.24, 2.45) is 5.73 Å². The third kappa shape index (κ3) is 7.03. The number of amides is 1. The molecule has 3 N–H and O–H groups in total. The highest BCUT2D eigenvalue weighted by atomic mass is 35.5. The van der Waals surface area contributed by atoms with E-state index in [2.05, 4.69) is 5.32 Å². The summed E-state index contributed by atoms with van der Waals surface area (Å²) in [5, 5.41) is 3.41. The smallest absolute Gasteiger partial charge is 0.220 e. The molecule has 0 heterocycles. The summed E-state index contributed by atoms with van der Waals surface area (Å²) in [6, 6.07) is 7.41. The van der Waals surface area contributed by atoms with Crippen LogP contribution in [0.5, 0.6) is 5.75 Å². The lowest BCUT2D eigenvalue weighted by atomic mass is 10.2. The van der Waals surface area contributed by atoms with Gasteiger partial charge in [-0.2, -0.15) is 0 Å². The number of halogens is 1. The molecule has 0 aliphatic rings. The van der Waals surface area contributed by atoms with Gasteiger partial charge < -0.3 is 15.8 Å². The predicted octanol–water partition coefficient (Wildman–Crippen LogP) is 2.35. The van der Waals surface area contributed by atoms with Crippen LogP contribution in [0.1, 0.15) is 26.2 Å². The highest BCUT2D eigenvalue weighted by Gasteiger charge is 2.03. The lowest BCUT2D eigenvalue weighted by Crippen LogP contribution is -2.28. The molecule has 1 aromatic rings. The molecule has 1 unspecified atom stereocenters. The minimum atomic E-state index is 0.0309. The number of nitrogens with two attached hydrogens (primary N) is 1. The molecule has 0 aromatic heterocycles. The molecule has 0 aliphatic heterocycles. The molecule has 5 heteroatoms. The first-order chi connectivity index (χ1) is 9.09. The number of rotatable bonds is 8. The van der Waals surface area contributed by atoms with Crippen LogP contribution in [0, 0.1) is 0 Å². The number of carbonyl (C=O) groups is 1. The molecule has 19 heavy (non-hydrogen) atoms. The Morgan fingerprint density at radius 3 is 2.89 bits per heavy atom. The third-order valence-electron chi connectivity index (χ3n) is 2.56. The lowest BCUT2D eigenvalue weighted by molar-refractivity contribution is -0.121. The quantitative estimate of drug-likeness (QED) is 0.720. The Morgan fingerprint density at radius 1 is 1.47 bits per heavy atom. The molecule has 0 spiro atoms. The van der Waals surface area contributed by atoms with Gasteiger partial charge in [-0.3, -0.25) is 4.79 Å².